The van der Waals surface area contributed by atoms with Crippen molar-refractivity contribution in [1.82, 2.24) is 0 Å². The van der Waals surface area contributed by atoms with Crippen molar-refractivity contribution in [2.45, 2.75) is 6.61 Å². The van der Waals surface area contributed by atoms with E-state index in [0.29, 0.717) is 22.8 Å². The molecule has 0 radical (unpaired) electrons. The van der Waals surface area contributed by atoms with E-state index in [1.807, 2.05) is 42.5 Å². The smallest absolute Gasteiger partial charge is 0.256 e. The van der Waals surface area contributed by atoms with E-state index in [1.165, 1.54) is 0 Å². The predicted molar refractivity (Wildman–Crippen MR) is 110 cm³/mol. The van der Waals surface area contributed by atoms with Crippen LogP contribution >= 0.6 is 11.6 Å². The van der Waals surface area contributed by atoms with E-state index in [9.17, 15) is 4.79 Å². The van der Waals surface area contributed by atoms with Gasteiger partial charge in [-0.25, -0.2) is 0 Å². The molecule has 5 heteroatoms. The van der Waals surface area contributed by atoms with E-state index in [4.69, 9.17) is 21.6 Å². The van der Waals surface area contributed by atoms with Crippen LogP contribution in [0.4, 0.5) is 5.69 Å². The molecule has 3 aromatic carbocycles. The average molecular weight is 387 g/mol. The lowest BCUT2D eigenvalue weighted by molar-refractivity contribution is -0.110. The molecule has 0 unspecified atom stereocenters. The summed E-state index contributed by atoms with van der Waals surface area (Å²) in [5.41, 5.74) is 4.66. The fourth-order valence-electron chi connectivity index (χ4n) is 2.97. The van der Waals surface area contributed by atoms with E-state index in [0.717, 1.165) is 28.1 Å². The van der Waals surface area contributed by atoms with Crippen molar-refractivity contribution in [3.8, 4) is 11.8 Å². The maximum Gasteiger partial charge on any atom is 0.256 e. The number of nitriles is 1. The van der Waals surface area contributed by atoms with Gasteiger partial charge in [0.2, 0.25) is 0 Å². The molecule has 1 aliphatic heterocycles. The van der Waals surface area contributed by atoms with Gasteiger partial charge in [-0.2, -0.15) is 5.26 Å². The van der Waals surface area contributed by atoms with Gasteiger partial charge >= 0.3 is 0 Å². The first-order valence-corrected chi connectivity index (χ1v) is 9.05. The molecule has 0 saturated carbocycles. The topological polar surface area (TPSA) is 62.1 Å². The van der Waals surface area contributed by atoms with Crippen LogP contribution in [0.25, 0.3) is 11.6 Å². The van der Waals surface area contributed by atoms with Crippen molar-refractivity contribution in [2.24, 2.45) is 0 Å². The summed E-state index contributed by atoms with van der Waals surface area (Å²) >= 11 is 6.06. The van der Waals surface area contributed by atoms with Crippen LogP contribution in [0.5, 0.6) is 5.75 Å². The Bertz CT molecular complexity index is 1110. The Balaban J connectivity index is 1.48. The SMILES string of the molecule is N#Cc1ccc(COc2ccc(/C=C3\C(=O)Nc4ccc(Cl)cc43)cc2)cc1. The molecule has 1 heterocycles. The van der Waals surface area contributed by atoms with Gasteiger partial charge < -0.3 is 10.1 Å². The highest BCUT2D eigenvalue weighted by molar-refractivity contribution is 6.36. The predicted octanol–water partition coefficient (Wildman–Crippen LogP) is 5.28. The zero-order chi connectivity index (χ0) is 19.5. The van der Waals surface area contributed by atoms with Gasteiger partial charge in [-0.15, -0.1) is 0 Å². The van der Waals surface area contributed by atoms with Crippen molar-refractivity contribution in [2.75, 3.05) is 5.32 Å². The number of anilines is 1. The Morgan fingerprint density at radius 3 is 2.50 bits per heavy atom. The fraction of sp³-hybridized carbons (Fsp3) is 0.0435. The summed E-state index contributed by atoms with van der Waals surface area (Å²) in [5, 5.41) is 12.3. The minimum absolute atomic E-state index is 0.140. The number of fused-ring (bicyclic) bond motifs is 1. The van der Waals surface area contributed by atoms with Crippen LogP contribution in [0.15, 0.2) is 66.7 Å². The molecular weight excluding hydrogens is 372 g/mol. The number of rotatable bonds is 4. The van der Waals surface area contributed by atoms with E-state index in [-0.39, 0.29) is 5.91 Å². The largest absolute Gasteiger partial charge is 0.489 e. The molecule has 1 aliphatic rings. The number of amides is 1. The Morgan fingerprint density at radius 1 is 1.04 bits per heavy atom. The number of hydrogen-bond donors (Lipinski definition) is 1. The number of carbonyl (C=O) groups excluding carboxylic acids is 1. The van der Waals surface area contributed by atoms with Crippen molar-refractivity contribution in [1.29, 1.82) is 5.26 Å². The van der Waals surface area contributed by atoms with E-state index in [2.05, 4.69) is 11.4 Å². The van der Waals surface area contributed by atoms with Crippen LogP contribution < -0.4 is 10.1 Å². The van der Waals surface area contributed by atoms with Gasteiger partial charge in [0.15, 0.2) is 0 Å². The molecule has 4 nitrogen and oxygen atoms in total. The molecule has 0 aromatic heterocycles. The highest BCUT2D eigenvalue weighted by atomic mass is 35.5. The molecule has 1 N–H and O–H groups in total. The zero-order valence-corrected chi connectivity index (χ0v) is 15.5. The van der Waals surface area contributed by atoms with Gasteiger partial charge in [0.25, 0.3) is 5.91 Å². The number of nitrogens with zero attached hydrogens (tertiary/aromatic N) is 1. The molecule has 1 amide bonds. The normalized spacial score (nSPS) is 13.7. The van der Waals surface area contributed by atoms with Gasteiger partial charge in [-0.3, -0.25) is 4.79 Å². The molecule has 28 heavy (non-hydrogen) atoms. The molecule has 0 saturated heterocycles. The summed E-state index contributed by atoms with van der Waals surface area (Å²) in [6.07, 6.45) is 1.84. The lowest BCUT2D eigenvalue weighted by Crippen LogP contribution is -2.03. The molecule has 0 bridgehead atoms. The molecule has 0 atom stereocenters. The van der Waals surface area contributed by atoms with Crippen molar-refractivity contribution in [3.05, 3.63) is 94.0 Å². The summed E-state index contributed by atoms with van der Waals surface area (Å²) in [6.45, 7) is 0.417. The maximum absolute atomic E-state index is 12.3. The third-order valence-corrected chi connectivity index (χ3v) is 4.68. The first kappa shape index (κ1) is 17.8. The Hall–Kier alpha value is -3.55. The number of ether oxygens (including phenoxy) is 1. The second kappa shape index (κ2) is 7.59. The highest BCUT2D eigenvalue weighted by Crippen LogP contribution is 2.35. The van der Waals surface area contributed by atoms with Crippen LogP contribution in [-0.2, 0) is 11.4 Å². The zero-order valence-electron chi connectivity index (χ0n) is 14.8. The van der Waals surface area contributed by atoms with E-state index >= 15 is 0 Å². The standard InChI is InChI=1S/C23H15ClN2O2/c24-18-7-10-22-20(12-18)21(23(27)26-22)11-15-5-8-19(9-6-15)28-14-17-3-1-16(13-25)2-4-17/h1-12H,14H2,(H,26,27)/b21-11-. The second-order valence-electron chi connectivity index (χ2n) is 6.37. The van der Waals surface area contributed by atoms with Gasteiger partial charge in [-0.1, -0.05) is 35.9 Å². The van der Waals surface area contributed by atoms with Gasteiger partial charge in [-0.05, 0) is 59.7 Å². The van der Waals surface area contributed by atoms with E-state index < -0.39 is 0 Å². The molecule has 0 fully saturated rings. The third-order valence-electron chi connectivity index (χ3n) is 4.44. The minimum atomic E-state index is -0.140. The summed E-state index contributed by atoms with van der Waals surface area (Å²) in [7, 11) is 0. The number of carbonyl (C=O) groups is 1. The third kappa shape index (κ3) is 3.75. The van der Waals surface area contributed by atoms with Gasteiger partial charge in [0, 0.05) is 21.8 Å². The lowest BCUT2D eigenvalue weighted by atomic mass is 10.0. The van der Waals surface area contributed by atoms with Gasteiger partial charge in [0.1, 0.15) is 12.4 Å². The number of nitrogens with one attached hydrogen (secondary N) is 1. The summed E-state index contributed by atoms with van der Waals surface area (Å²) in [4.78, 5) is 12.3. The van der Waals surface area contributed by atoms with Crippen LogP contribution in [0.2, 0.25) is 5.02 Å². The lowest BCUT2D eigenvalue weighted by Gasteiger charge is -2.07. The van der Waals surface area contributed by atoms with Crippen molar-refractivity contribution < 1.29 is 9.53 Å². The van der Waals surface area contributed by atoms with Crippen molar-refractivity contribution >= 4 is 34.8 Å². The fourth-order valence-corrected chi connectivity index (χ4v) is 3.14. The first-order chi connectivity index (χ1) is 13.6. The molecule has 136 valence electrons. The molecule has 3 aromatic rings. The highest BCUT2D eigenvalue weighted by Gasteiger charge is 2.24. The Morgan fingerprint density at radius 2 is 1.79 bits per heavy atom. The number of halogens is 1. The van der Waals surface area contributed by atoms with Crippen LogP contribution in [-0.4, -0.2) is 5.91 Å². The molecule has 0 spiro atoms. The monoisotopic (exact) mass is 386 g/mol. The van der Waals surface area contributed by atoms with Crippen LogP contribution in [0, 0.1) is 11.3 Å². The Labute approximate surface area is 167 Å². The van der Waals surface area contributed by atoms with Crippen molar-refractivity contribution in [3.63, 3.8) is 0 Å². The van der Waals surface area contributed by atoms with Crippen LogP contribution in [0.3, 0.4) is 0 Å². The average Bonchev–Trinajstić information content (AvgIpc) is 3.02. The maximum atomic E-state index is 12.3. The quantitative estimate of drug-likeness (QED) is 0.620. The van der Waals surface area contributed by atoms with Crippen LogP contribution in [0.1, 0.15) is 22.3 Å². The number of hydrogen-bond acceptors (Lipinski definition) is 3. The number of benzene rings is 3. The van der Waals surface area contributed by atoms with Gasteiger partial charge in [0.05, 0.1) is 11.6 Å². The second-order valence-corrected chi connectivity index (χ2v) is 6.80. The molecule has 4 rings (SSSR count). The summed E-state index contributed by atoms with van der Waals surface area (Å²) in [6, 6.07) is 22.2. The Kier molecular flexibility index (Phi) is 4.84. The summed E-state index contributed by atoms with van der Waals surface area (Å²) in [5.74, 6) is 0.587. The minimum Gasteiger partial charge on any atom is -0.489 e. The molecular formula is C23H15ClN2O2. The van der Waals surface area contributed by atoms with E-state index in [1.54, 1.807) is 30.3 Å². The summed E-state index contributed by atoms with van der Waals surface area (Å²) < 4.78 is 5.78. The molecule has 0 aliphatic carbocycles. The first-order valence-electron chi connectivity index (χ1n) is 8.67.